The van der Waals surface area contributed by atoms with Crippen molar-refractivity contribution in [3.05, 3.63) is 52.9 Å². The van der Waals surface area contributed by atoms with Gasteiger partial charge >= 0.3 is 5.97 Å². The lowest BCUT2D eigenvalue weighted by molar-refractivity contribution is -0.148. The zero-order chi connectivity index (χ0) is 19.4. The van der Waals surface area contributed by atoms with Gasteiger partial charge in [0.15, 0.2) is 6.10 Å². The molecule has 2 rings (SSSR count). The summed E-state index contributed by atoms with van der Waals surface area (Å²) in [4.78, 5) is 23.9. The molecule has 0 aliphatic rings. The molecule has 1 N–H and O–H groups in total. The molecule has 0 aliphatic heterocycles. The van der Waals surface area contributed by atoms with Gasteiger partial charge in [0.2, 0.25) is 0 Å². The third-order valence-electron chi connectivity index (χ3n) is 3.80. The monoisotopic (exact) mass is 363 g/mol. The highest BCUT2D eigenvalue weighted by atomic mass is 19.1. The van der Waals surface area contributed by atoms with E-state index in [-0.39, 0.29) is 5.69 Å². The quantitative estimate of drug-likeness (QED) is 0.655. The van der Waals surface area contributed by atoms with E-state index in [4.69, 9.17) is 4.74 Å². The van der Waals surface area contributed by atoms with E-state index in [1.807, 2.05) is 13.8 Å². The highest BCUT2D eigenvalue weighted by Crippen LogP contribution is 2.16. The maximum absolute atomic E-state index is 13.5. The number of aryl methyl sites for hydroxylation is 2. The second-order valence-electron chi connectivity index (χ2n) is 5.73. The smallest absolute Gasteiger partial charge is 0.331 e. The van der Waals surface area contributed by atoms with Gasteiger partial charge in [-0.05, 0) is 39.0 Å². The molecule has 0 unspecified atom stereocenters. The molecule has 1 atom stereocenters. The molecule has 6 nitrogen and oxygen atoms in total. The summed E-state index contributed by atoms with van der Waals surface area (Å²) < 4.78 is 33.1. The van der Waals surface area contributed by atoms with Gasteiger partial charge in [0.25, 0.3) is 5.91 Å². The molecule has 0 saturated heterocycles. The lowest BCUT2D eigenvalue weighted by Gasteiger charge is -2.12. The first kappa shape index (κ1) is 19.3. The van der Waals surface area contributed by atoms with E-state index in [9.17, 15) is 18.4 Å². The molecule has 1 aromatic heterocycles. The average molecular weight is 363 g/mol. The molecule has 0 bridgehead atoms. The van der Waals surface area contributed by atoms with Crippen LogP contribution in [0.1, 0.15) is 23.9 Å². The van der Waals surface area contributed by atoms with E-state index in [2.05, 4.69) is 10.4 Å². The van der Waals surface area contributed by atoms with E-state index < -0.39 is 29.6 Å². The molecule has 0 fully saturated rings. The molecule has 0 saturated carbocycles. The molecule has 0 aliphatic carbocycles. The van der Waals surface area contributed by atoms with Crippen LogP contribution in [0.3, 0.4) is 0 Å². The lowest BCUT2D eigenvalue weighted by Crippen LogP contribution is -2.29. The second kappa shape index (κ2) is 7.90. The van der Waals surface area contributed by atoms with Gasteiger partial charge in [-0.1, -0.05) is 0 Å². The van der Waals surface area contributed by atoms with Crippen LogP contribution in [0.2, 0.25) is 0 Å². The number of benzene rings is 1. The molecule has 1 amide bonds. The fourth-order valence-corrected chi connectivity index (χ4v) is 2.27. The van der Waals surface area contributed by atoms with Crippen LogP contribution in [0.4, 0.5) is 14.5 Å². The number of carbonyl (C=O) groups is 2. The number of nitrogens with zero attached hydrogens (tertiary/aromatic N) is 2. The summed E-state index contributed by atoms with van der Waals surface area (Å²) >= 11 is 0. The van der Waals surface area contributed by atoms with Gasteiger partial charge in [-0.25, -0.2) is 13.6 Å². The summed E-state index contributed by atoms with van der Waals surface area (Å²) in [7, 11) is 1.79. The molecule has 0 spiro atoms. The first-order chi connectivity index (χ1) is 12.2. The summed E-state index contributed by atoms with van der Waals surface area (Å²) in [6.07, 6.45) is 1.59. The van der Waals surface area contributed by atoms with E-state index in [1.165, 1.54) is 13.0 Å². The van der Waals surface area contributed by atoms with E-state index >= 15 is 0 Å². The van der Waals surface area contributed by atoms with Gasteiger partial charge in [-0.2, -0.15) is 5.10 Å². The van der Waals surface area contributed by atoms with Crippen molar-refractivity contribution in [3.63, 3.8) is 0 Å². The van der Waals surface area contributed by atoms with Crippen LogP contribution in [0, 0.1) is 25.5 Å². The van der Waals surface area contributed by atoms with Gasteiger partial charge in [-0.3, -0.25) is 9.48 Å². The fourth-order valence-electron chi connectivity index (χ4n) is 2.27. The fraction of sp³-hybridized carbons (Fsp3) is 0.278. The number of hydrogen-bond acceptors (Lipinski definition) is 4. The van der Waals surface area contributed by atoms with Crippen molar-refractivity contribution in [1.82, 2.24) is 9.78 Å². The number of esters is 1. The van der Waals surface area contributed by atoms with Crippen molar-refractivity contribution in [3.8, 4) is 0 Å². The average Bonchev–Trinajstić information content (AvgIpc) is 2.80. The zero-order valence-corrected chi connectivity index (χ0v) is 14.8. The Hall–Kier alpha value is -3.03. The number of aromatic nitrogens is 2. The number of nitrogens with one attached hydrogen (secondary N) is 1. The standard InChI is InChI=1S/C18H19F2N3O3/c1-10-14(11(2)23(4)22-10)6-8-17(24)26-12(3)18(25)21-16-7-5-13(19)9-15(16)20/h5-9,12H,1-4H3,(H,21,25)/b8-6+/t12-/m0/s1. The van der Waals surface area contributed by atoms with Crippen LogP contribution in [-0.4, -0.2) is 27.8 Å². The van der Waals surface area contributed by atoms with Gasteiger partial charge in [0.05, 0.1) is 11.4 Å². The Morgan fingerprint density at radius 1 is 1.31 bits per heavy atom. The normalized spacial score (nSPS) is 12.2. The van der Waals surface area contributed by atoms with Crippen LogP contribution in [0.15, 0.2) is 24.3 Å². The van der Waals surface area contributed by atoms with E-state index in [0.29, 0.717) is 6.07 Å². The maximum Gasteiger partial charge on any atom is 0.331 e. The summed E-state index contributed by atoms with van der Waals surface area (Å²) in [5, 5.41) is 6.47. The van der Waals surface area contributed by atoms with Gasteiger partial charge < -0.3 is 10.1 Å². The zero-order valence-electron chi connectivity index (χ0n) is 14.8. The van der Waals surface area contributed by atoms with Crippen molar-refractivity contribution < 1.29 is 23.1 Å². The van der Waals surface area contributed by atoms with E-state index in [1.54, 1.807) is 17.8 Å². The Bertz CT molecular complexity index is 875. The van der Waals surface area contributed by atoms with Crippen LogP contribution in [0.5, 0.6) is 0 Å². The van der Waals surface area contributed by atoms with Gasteiger partial charge in [-0.15, -0.1) is 0 Å². The summed E-state index contributed by atoms with van der Waals surface area (Å²) in [6.45, 7) is 5.02. The molecule has 2 aromatic rings. The number of anilines is 1. The van der Waals surface area contributed by atoms with Gasteiger partial charge in [0, 0.05) is 30.4 Å². The number of carbonyl (C=O) groups excluding carboxylic acids is 2. The number of amides is 1. The highest BCUT2D eigenvalue weighted by molar-refractivity contribution is 5.96. The van der Waals surface area contributed by atoms with E-state index in [0.717, 1.165) is 29.1 Å². The number of rotatable bonds is 5. The molecule has 1 heterocycles. The molecule has 26 heavy (non-hydrogen) atoms. The van der Waals surface area contributed by atoms with Crippen LogP contribution >= 0.6 is 0 Å². The number of halogens is 2. The molecule has 138 valence electrons. The molecule has 0 radical (unpaired) electrons. The lowest BCUT2D eigenvalue weighted by atomic mass is 10.2. The van der Waals surface area contributed by atoms with Crippen molar-refractivity contribution in [2.45, 2.75) is 26.9 Å². The Labute approximate surface area is 149 Å². The molecular formula is C18H19F2N3O3. The molecule has 8 heteroatoms. The molecular weight excluding hydrogens is 344 g/mol. The first-order valence-corrected chi connectivity index (χ1v) is 7.84. The number of hydrogen-bond donors (Lipinski definition) is 1. The minimum atomic E-state index is -1.16. The Morgan fingerprint density at radius 2 is 2.00 bits per heavy atom. The van der Waals surface area contributed by atoms with Crippen molar-refractivity contribution in [2.75, 3.05) is 5.32 Å². The highest BCUT2D eigenvalue weighted by Gasteiger charge is 2.18. The van der Waals surface area contributed by atoms with Gasteiger partial charge in [0.1, 0.15) is 11.6 Å². The van der Waals surface area contributed by atoms with Crippen LogP contribution < -0.4 is 5.32 Å². The van der Waals surface area contributed by atoms with Crippen molar-refractivity contribution in [1.29, 1.82) is 0 Å². The van der Waals surface area contributed by atoms with Crippen molar-refractivity contribution in [2.24, 2.45) is 7.05 Å². The number of ether oxygens (including phenoxy) is 1. The Kier molecular flexibility index (Phi) is 5.86. The topological polar surface area (TPSA) is 73.2 Å². The Morgan fingerprint density at radius 3 is 2.58 bits per heavy atom. The minimum Gasteiger partial charge on any atom is -0.449 e. The predicted molar refractivity (Wildman–Crippen MR) is 92.3 cm³/mol. The second-order valence-corrected chi connectivity index (χ2v) is 5.73. The third kappa shape index (κ3) is 4.53. The Balaban J connectivity index is 1.97. The summed E-state index contributed by atoms with van der Waals surface area (Å²) in [6, 6.07) is 2.75. The van der Waals surface area contributed by atoms with Crippen LogP contribution in [0.25, 0.3) is 6.08 Å². The summed E-state index contributed by atoms with van der Waals surface area (Å²) in [5.74, 6) is -3.13. The summed E-state index contributed by atoms with van der Waals surface area (Å²) in [5.41, 5.74) is 2.22. The van der Waals surface area contributed by atoms with Crippen LogP contribution in [-0.2, 0) is 21.4 Å². The SMILES string of the molecule is Cc1nn(C)c(C)c1/C=C/C(=O)O[C@@H](C)C(=O)Nc1ccc(F)cc1F. The predicted octanol–water partition coefficient (Wildman–Crippen LogP) is 2.90. The molecule has 1 aromatic carbocycles. The maximum atomic E-state index is 13.5. The first-order valence-electron chi connectivity index (χ1n) is 7.84. The minimum absolute atomic E-state index is 0.198. The largest absolute Gasteiger partial charge is 0.449 e. The third-order valence-corrected chi connectivity index (χ3v) is 3.80. The van der Waals surface area contributed by atoms with Crippen molar-refractivity contribution >= 4 is 23.6 Å².